The van der Waals surface area contributed by atoms with Crippen molar-refractivity contribution in [3.8, 4) is 21.8 Å². The first kappa shape index (κ1) is 24.6. The van der Waals surface area contributed by atoms with E-state index in [1.54, 1.807) is 0 Å². The number of carbonyl (C=O) groups is 2. The molecule has 0 aromatic carbocycles. The van der Waals surface area contributed by atoms with Crippen molar-refractivity contribution >= 4 is 28.3 Å². The maximum Gasteiger partial charge on any atom is 0.225 e. The molecule has 0 aliphatic heterocycles. The molecule has 3 aromatic rings. The fraction of sp³-hybridized carbons (Fsp3) is 0.519. The number of aryl methyl sites for hydroxylation is 2. The van der Waals surface area contributed by atoms with Gasteiger partial charge in [-0.3, -0.25) is 19.3 Å². The van der Waals surface area contributed by atoms with Crippen molar-refractivity contribution in [2.75, 3.05) is 18.4 Å². The monoisotopic (exact) mass is 506 g/mol. The number of hydrogen-bond acceptors (Lipinski definition) is 6. The first-order valence-corrected chi connectivity index (χ1v) is 13.8. The maximum absolute atomic E-state index is 13.0. The fourth-order valence-corrected chi connectivity index (χ4v) is 6.69. The predicted molar refractivity (Wildman–Crippen MR) is 142 cm³/mol. The molecule has 36 heavy (non-hydrogen) atoms. The van der Waals surface area contributed by atoms with E-state index >= 15 is 0 Å². The number of thiazole rings is 1. The lowest BCUT2D eigenvalue weighted by Gasteiger charge is -2.32. The number of nitrogens with one attached hydrogen (secondary N) is 1. The SMILES string of the molecule is CCN(CC)C(=O)[C@H]1CC[C@H](n2nc(-c3ccc(C)nc3)c3c2-c2sc(NC(C)=O)nc2CC3)CC1. The van der Waals surface area contributed by atoms with Crippen molar-refractivity contribution in [2.24, 2.45) is 5.92 Å². The molecule has 0 saturated heterocycles. The van der Waals surface area contributed by atoms with Crippen LogP contribution in [0.4, 0.5) is 5.13 Å². The minimum absolute atomic E-state index is 0.0960. The quantitative estimate of drug-likeness (QED) is 0.506. The Morgan fingerprint density at radius 2 is 1.89 bits per heavy atom. The highest BCUT2D eigenvalue weighted by Crippen LogP contribution is 2.46. The maximum atomic E-state index is 13.0. The molecule has 0 unspecified atom stereocenters. The summed E-state index contributed by atoms with van der Waals surface area (Å²) >= 11 is 1.53. The van der Waals surface area contributed by atoms with E-state index in [0.29, 0.717) is 5.13 Å². The van der Waals surface area contributed by atoms with Crippen LogP contribution in [0.2, 0.25) is 0 Å². The highest BCUT2D eigenvalue weighted by molar-refractivity contribution is 7.19. The van der Waals surface area contributed by atoms with Gasteiger partial charge in [0, 0.05) is 48.9 Å². The molecule has 2 aliphatic rings. The largest absolute Gasteiger partial charge is 0.343 e. The van der Waals surface area contributed by atoms with Gasteiger partial charge in [-0.2, -0.15) is 5.10 Å². The zero-order valence-corrected chi connectivity index (χ0v) is 22.3. The third-order valence-electron chi connectivity index (χ3n) is 7.47. The number of fused-ring (bicyclic) bond motifs is 3. The van der Waals surface area contributed by atoms with Gasteiger partial charge in [0.25, 0.3) is 0 Å². The molecule has 3 aromatic heterocycles. The Bertz CT molecular complexity index is 1270. The van der Waals surface area contributed by atoms with Crippen molar-refractivity contribution < 1.29 is 9.59 Å². The van der Waals surface area contributed by atoms with Crippen LogP contribution in [0.1, 0.15) is 69.4 Å². The van der Waals surface area contributed by atoms with Gasteiger partial charge in [0.2, 0.25) is 11.8 Å². The molecule has 2 aliphatic carbocycles. The number of amides is 2. The Balaban J connectivity index is 1.51. The van der Waals surface area contributed by atoms with Crippen LogP contribution in [-0.4, -0.2) is 49.6 Å². The van der Waals surface area contributed by atoms with Crippen molar-refractivity contribution in [3.63, 3.8) is 0 Å². The molecule has 0 radical (unpaired) electrons. The molecule has 1 N–H and O–H groups in total. The van der Waals surface area contributed by atoms with Crippen molar-refractivity contribution in [1.29, 1.82) is 0 Å². The lowest BCUT2D eigenvalue weighted by molar-refractivity contribution is -0.136. The van der Waals surface area contributed by atoms with Gasteiger partial charge in [-0.25, -0.2) is 4.98 Å². The molecule has 0 spiro atoms. The van der Waals surface area contributed by atoms with E-state index in [9.17, 15) is 9.59 Å². The van der Waals surface area contributed by atoms with Gasteiger partial charge in [-0.05, 0) is 71.4 Å². The van der Waals surface area contributed by atoms with Crippen molar-refractivity contribution in [3.05, 3.63) is 35.3 Å². The third-order valence-corrected chi connectivity index (χ3v) is 8.49. The zero-order valence-electron chi connectivity index (χ0n) is 21.5. The summed E-state index contributed by atoms with van der Waals surface area (Å²) < 4.78 is 2.20. The highest BCUT2D eigenvalue weighted by atomic mass is 32.1. The van der Waals surface area contributed by atoms with Crippen LogP contribution < -0.4 is 5.32 Å². The van der Waals surface area contributed by atoms with Gasteiger partial charge in [0.05, 0.1) is 28.0 Å². The molecule has 0 atom stereocenters. The number of rotatable bonds is 6. The van der Waals surface area contributed by atoms with Gasteiger partial charge < -0.3 is 10.2 Å². The number of nitrogens with zero attached hydrogens (tertiary/aromatic N) is 5. The average Bonchev–Trinajstić information content (AvgIpc) is 3.46. The molecule has 1 fully saturated rings. The third kappa shape index (κ3) is 4.56. The summed E-state index contributed by atoms with van der Waals surface area (Å²) in [5.74, 6) is 0.271. The molecule has 5 rings (SSSR count). The Kier molecular flexibility index (Phi) is 6.92. The summed E-state index contributed by atoms with van der Waals surface area (Å²) in [5.41, 5.74) is 6.37. The summed E-state index contributed by atoms with van der Waals surface area (Å²) in [6.45, 7) is 9.12. The topological polar surface area (TPSA) is 93.0 Å². The first-order valence-electron chi connectivity index (χ1n) is 13.0. The molecule has 8 nitrogen and oxygen atoms in total. The Hall–Kier alpha value is -3.07. The van der Waals surface area contributed by atoms with Crippen molar-refractivity contribution in [2.45, 2.75) is 72.3 Å². The lowest BCUT2D eigenvalue weighted by Crippen LogP contribution is -2.37. The second-order valence-corrected chi connectivity index (χ2v) is 10.8. The molecular weight excluding hydrogens is 472 g/mol. The molecule has 0 bridgehead atoms. The number of aromatic nitrogens is 4. The summed E-state index contributed by atoms with van der Waals surface area (Å²) in [7, 11) is 0. The number of anilines is 1. The predicted octanol–water partition coefficient (Wildman–Crippen LogP) is 5.03. The summed E-state index contributed by atoms with van der Waals surface area (Å²) in [6, 6.07) is 4.35. The van der Waals surface area contributed by atoms with Gasteiger partial charge in [-0.1, -0.05) is 11.3 Å². The smallest absolute Gasteiger partial charge is 0.225 e. The Morgan fingerprint density at radius 1 is 1.14 bits per heavy atom. The van der Waals surface area contributed by atoms with E-state index in [4.69, 9.17) is 10.1 Å². The minimum Gasteiger partial charge on any atom is -0.343 e. The van der Waals surface area contributed by atoms with E-state index in [1.807, 2.05) is 37.9 Å². The van der Waals surface area contributed by atoms with E-state index in [0.717, 1.165) is 84.8 Å². The van der Waals surface area contributed by atoms with Crippen LogP contribution >= 0.6 is 11.3 Å². The van der Waals surface area contributed by atoms with Gasteiger partial charge >= 0.3 is 0 Å². The van der Waals surface area contributed by atoms with E-state index in [2.05, 4.69) is 21.0 Å². The van der Waals surface area contributed by atoms with E-state index < -0.39 is 0 Å². The van der Waals surface area contributed by atoms with Crippen LogP contribution in [-0.2, 0) is 22.4 Å². The second kappa shape index (κ2) is 10.1. The lowest BCUT2D eigenvalue weighted by atomic mass is 9.84. The number of carbonyl (C=O) groups excluding carboxylic acids is 2. The van der Waals surface area contributed by atoms with Crippen LogP contribution in [0.15, 0.2) is 18.3 Å². The summed E-state index contributed by atoms with van der Waals surface area (Å²) in [4.78, 5) is 36.9. The average molecular weight is 507 g/mol. The molecule has 9 heteroatoms. The summed E-state index contributed by atoms with van der Waals surface area (Å²) in [5, 5.41) is 8.70. The second-order valence-electron chi connectivity index (χ2n) is 9.80. The molecule has 2 amide bonds. The van der Waals surface area contributed by atoms with Crippen LogP contribution in [0.3, 0.4) is 0 Å². The Morgan fingerprint density at radius 3 is 2.53 bits per heavy atom. The molecule has 3 heterocycles. The van der Waals surface area contributed by atoms with Gasteiger partial charge in [0.15, 0.2) is 5.13 Å². The van der Waals surface area contributed by atoms with E-state index in [1.165, 1.54) is 23.8 Å². The van der Waals surface area contributed by atoms with E-state index in [-0.39, 0.29) is 23.8 Å². The normalized spacial score (nSPS) is 18.9. The number of pyridine rings is 1. The number of hydrogen-bond donors (Lipinski definition) is 1. The summed E-state index contributed by atoms with van der Waals surface area (Å²) in [6.07, 6.45) is 7.18. The van der Waals surface area contributed by atoms with Crippen LogP contribution in [0.5, 0.6) is 0 Å². The van der Waals surface area contributed by atoms with Crippen molar-refractivity contribution in [1.82, 2.24) is 24.6 Å². The van der Waals surface area contributed by atoms with Crippen LogP contribution in [0, 0.1) is 12.8 Å². The van der Waals surface area contributed by atoms with Gasteiger partial charge in [0.1, 0.15) is 0 Å². The molecule has 1 saturated carbocycles. The first-order chi connectivity index (χ1) is 17.4. The van der Waals surface area contributed by atoms with Gasteiger partial charge in [-0.15, -0.1) is 0 Å². The minimum atomic E-state index is -0.113. The highest BCUT2D eigenvalue weighted by Gasteiger charge is 2.35. The standard InChI is InChI=1S/C27H34N6O2S/c1-5-32(6-2)26(35)18-9-11-20(12-10-18)33-24-21(23(31-33)19-8-7-16(3)28-15-19)13-14-22-25(24)36-27(30-22)29-17(4)34/h7-8,15,18,20H,5-6,9-14H2,1-4H3,(H,29,30,34)/t18-,20-. The van der Waals surface area contributed by atoms with Crippen LogP contribution in [0.25, 0.3) is 21.8 Å². The Labute approximate surface area is 216 Å². The molecule has 190 valence electrons. The zero-order chi connectivity index (χ0) is 25.4. The molecular formula is C27H34N6O2S. The fourth-order valence-electron chi connectivity index (χ4n) is 5.56.